The van der Waals surface area contributed by atoms with Crippen molar-refractivity contribution in [2.45, 2.75) is 32.2 Å². The summed E-state index contributed by atoms with van der Waals surface area (Å²) in [4.78, 5) is 16.8. The fraction of sp³-hybridized carbons (Fsp3) is 0.625. The maximum Gasteiger partial charge on any atom is 0.274 e. The molecule has 0 N–H and O–H groups in total. The van der Waals surface area contributed by atoms with E-state index in [1.807, 2.05) is 38.1 Å². The molecule has 0 bridgehead atoms. The van der Waals surface area contributed by atoms with Gasteiger partial charge in [0.05, 0.1) is 0 Å². The number of carbonyl (C=O) groups is 1. The maximum atomic E-state index is 12.5. The highest BCUT2D eigenvalue weighted by Crippen LogP contribution is 2.17. The van der Waals surface area contributed by atoms with Crippen molar-refractivity contribution in [1.82, 2.24) is 19.6 Å². The second-order valence-electron chi connectivity index (χ2n) is 5.86. The summed E-state index contributed by atoms with van der Waals surface area (Å²) >= 11 is 0. The Bertz CT molecular complexity index is 481. The van der Waals surface area contributed by atoms with Crippen molar-refractivity contribution in [3.63, 3.8) is 0 Å². The molecule has 1 aliphatic rings. The molecule has 2 rings (SSSR count). The normalized spacial score (nSPS) is 16.9. The average molecular weight is 290 g/mol. The number of rotatable bonds is 5. The molecule has 0 radical (unpaired) electrons. The molecule has 1 fully saturated rings. The fourth-order valence-electron chi connectivity index (χ4n) is 2.82. The van der Waals surface area contributed by atoms with Gasteiger partial charge in [-0.15, -0.1) is 6.58 Å². The highest BCUT2D eigenvalue weighted by molar-refractivity contribution is 5.92. The molecule has 0 unspecified atom stereocenters. The van der Waals surface area contributed by atoms with Crippen LogP contribution < -0.4 is 0 Å². The molecule has 1 aromatic rings. The Balaban J connectivity index is 1.90. The minimum atomic E-state index is 0.0308. The van der Waals surface area contributed by atoms with E-state index in [1.54, 1.807) is 4.68 Å². The van der Waals surface area contributed by atoms with Crippen LogP contribution in [0.15, 0.2) is 18.7 Å². The second-order valence-corrected chi connectivity index (χ2v) is 5.86. The molecule has 0 spiro atoms. The summed E-state index contributed by atoms with van der Waals surface area (Å²) in [6, 6.07) is 2.18. The number of amides is 1. The SMILES string of the molecule is C=CCCN1CCC(N(C)C(=O)c2cc(C)n(C)n2)CC1. The van der Waals surface area contributed by atoms with Gasteiger partial charge in [-0.2, -0.15) is 5.10 Å². The zero-order chi connectivity index (χ0) is 15.4. The second kappa shape index (κ2) is 6.89. The molecule has 5 heteroatoms. The van der Waals surface area contributed by atoms with Gasteiger partial charge in [0.1, 0.15) is 0 Å². The Hall–Kier alpha value is -1.62. The maximum absolute atomic E-state index is 12.5. The zero-order valence-corrected chi connectivity index (χ0v) is 13.4. The molecule has 1 aromatic heterocycles. The first-order valence-corrected chi connectivity index (χ1v) is 7.64. The number of likely N-dealkylation sites (tertiary alicyclic amines) is 1. The summed E-state index contributed by atoms with van der Waals surface area (Å²) in [5.41, 5.74) is 1.55. The monoisotopic (exact) mass is 290 g/mol. The van der Waals surface area contributed by atoms with Gasteiger partial charge in [0.15, 0.2) is 5.69 Å². The summed E-state index contributed by atoms with van der Waals surface area (Å²) in [6.45, 7) is 8.91. The van der Waals surface area contributed by atoms with E-state index >= 15 is 0 Å². The van der Waals surface area contributed by atoms with Gasteiger partial charge < -0.3 is 9.80 Å². The van der Waals surface area contributed by atoms with E-state index in [2.05, 4.69) is 16.6 Å². The molecule has 21 heavy (non-hydrogen) atoms. The average Bonchev–Trinajstić information content (AvgIpc) is 2.83. The standard InChI is InChI=1S/C16H26N4O/c1-5-6-9-20-10-7-14(8-11-20)18(3)16(21)15-12-13(2)19(4)17-15/h5,12,14H,1,6-11H2,2-4H3. The number of hydrogen-bond acceptors (Lipinski definition) is 3. The van der Waals surface area contributed by atoms with E-state index < -0.39 is 0 Å². The Morgan fingerprint density at radius 2 is 2.19 bits per heavy atom. The number of hydrogen-bond donors (Lipinski definition) is 0. The van der Waals surface area contributed by atoms with Crippen LogP contribution in [0.1, 0.15) is 35.4 Å². The first-order valence-electron chi connectivity index (χ1n) is 7.64. The third-order valence-corrected chi connectivity index (χ3v) is 4.41. The summed E-state index contributed by atoms with van der Waals surface area (Å²) < 4.78 is 1.75. The van der Waals surface area contributed by atoms with Crippen molar-refractivity contribution in [2.24, 2.45) is 7.05 Å². The fourth-order valence-corrected chi connectivity index (χ4v) is 2.82. The summed E-state index contributed by atoms with van der Waals surface area (Å²) in [7, 11) is 3.76. The largest absolute Gasteiger partial charge is 0.337 e. The lowest BCUT2D eigenvalue weighted by atomic mass is 10.0. The molecule has 1 aliphatic heterocycles. The summed E-state index contributed by atoms with van der Waals surface area (Å²) in [5, 5.41) is 4.29. The van der Waals surface area contributed by atoms with Gasteiger partial charge in [0.2, 0.25) is 0 Å². The quantitative estimate of drug-likeness (QED) is 0.777. The van der Waals surface area contributed by atoms with Crippen molar-refractivity contribution >= 4 is 5.91 Å². The molecule has 0 atom stereocenters. The minimum absolute atomic E-state index is 0.0308. The number of nitrogens with zero attached hydrogens (tertiary/aromatic N) is 4. The molecule has 0 aliphatic carbocycles. The number of aromatic nitrogens is 2. The predicted octanol–water partition coefficient (Wildman–Crippen LogP) is 1.84. The van der Waals surface area contributed by atoms with Crippen molar-refractivity contribution in [1.29, 1.82) is 0 Å². The Kier molecular flexibility index (Phi) is 5.17. The van der Waals surface area contributed by atoms with Crippen molar-refractivity contribution in [3.05, 3.63) is 30.1 Å². The smallest absolute Gasteiger partial charge is 0.274 e. The van der Waals surface area contributed by atoms with Gasteiger partial charge in [-0.1, -0.05) is 6.08 Å². The molecule has 0 aromatic carbocycles. The molecule has 116 valence electrons. The van der Waals surface area contributed by atoms with Gasteiger partial charge in [0, 0.05) is 45.5 Å². The third-order valence-electron chi connectivity index (χ3n) is 4.41. The number of piperidine rings is 1. The van der Waals surface area contributed by atoms with E-state index in [9.17, 15) is 4.79 Å². The number of carbonyl (C=O) groups excluding carboxylic acids is 1. The van der Waals surface area contributed by atoms with Crippen LogP contribution in [-0.4, -0.2) is 58.2 Å². The molecule has 2 heterocycles. The van der Waals surface area contributed by atoms with E-state index in [4.69, 9.17) is 0 Å². The Morgan fingerprint density at radius 1 is 1.52 bits per heavy atom. The van der Waals surface area contributed by atoms with Gasteiger partial charge in [-0.25, -0.2) is 0 Å². The summed E-state index contributed by atoms with van der Waals surface area (Å²) in [6.07, 6.45) is 5.06. The van der Waals surface area contributed by atoms with Gasteiger partial charge in [0.25, 0.3) is 5.91 Å². The van der Waals surface area contributed by atoms with Crippen LogP contribution in [0.25, 0.3) is 0 Å². The first kappa shape index (κ1) is 15.8. The molecular weight excluding hydrogens is 264 g/mol. The van der Waals surface area contributed by atoms with Crippen LogP contribution in [0.4, 0.5) is 0 Å². The predicted molar refractivity (Wildman–Crippen MR) is 84.3 cm³/mol. The lowest BCUT2D eigenvalue weighted by Gasteiger charge is -2.36. The van der Waals surface area contributed by atoms with Crippen molar-refractivity contribution in [2.75, 3.05) is 26.7 Å². The van der Waals surface area contributed by atoms with Crippen molar-refractivity contribution in [3.8, 4) is 0 Å². The van der Waals surface area contributed by atoms with Gasteiger partial charge >= 0.3 is 0 Å². The van der Waals surface area contributed by atoms with Crippen LogP contribution in [-0.2, 0) is 7.05 Å². The molecular formula is C16H26N4O. The Morgan fingerprint density at radius 3 is 2.71 bits per heavy atom. The lowest BCUT2D eigenvalue weighted by molar-refractivity contribution is 0.0637. The van der Waals surface area contributed by atoms with E-state index in [0.717, 1.165) is 44.6 Å². The third kappa shape index (κ3) is 3.73. The zero-order valence-electron chi connectivity index (χ0n) is 13.4. The summed E-state index contributed by atoms with van der Waals surface area (Å²) in [5.74, 6) is 0.0308. The van der Waals surface area contributed by atoms with Crippen LogP contribution in [0.3, 0.4) is 0 Å². The highest BCUT2D eigenvalue weighted by Gasteiger charge is 2.26. The molecule has 1 amide bonds. The molecule has 1 saturated heterocycles. The van der Waals surface area contributed by atoms with E-state index in [0.29, 0.717) is 11.7 Å². The number of aryl methyl sites for hydroxylation is 2. The van der Waals surface area contributed by atoms with Crippen LogP contribution >= 0.6 is 0 Å². The van der Waals surface area contributed by atoms with E-state index in [-0.39, 0.29) is 5.91 Å². The first-order chi connectivity index (χ1) is 10.0. The molecule has 5 nitrogen and oxygen atoms in total. The van der Waals surface area contributed by atoms with Gasteiger partial charge in [-0.05, 0) is 32.3 Å². The van der Waals surface area contributed by atoms with Crippen LogP contribution in [0, 0.1) is 6.92 Å². The topological polar surface area (TPSA) is 41.4 Å². The van der Waals surface area contributed by atoms with E-state index in [1.165, 1.54) is 0 Å². The highest BCUT2D eigenvalue weighted by atomic mass is 16.2. The molecule has 0 saturated carbocycles. The lowest BCUT2D eigenvalue weighted by Crippen LogP contribution is -2.45. The minimum Gasteiger partial charge on any atom is -0.337 e. The van der Waals surface area contributed by atoms with Crippen LogP contribution in [0.5, 0.6) is 0 Å². The van der Waals surface area contributed by atoms with Crippen LogP contribution in [0.2, 0.25) is 0 Å². The Labute approximate surface area is 127 Å². The van der Waals surface area contributed by atoms with Gasteiger partial charge in [-0.3, -0.25) is 9.48 Å². The van der Waals surface area contributed by atoms with Crippen molar-refractivity contribution < 1.29 is 4.79 Å².